The average Bonchev–Trinajstić information content (AvgIpc) is 3.18. The molecule has 0 fully saturated rings. The monoisotopic (exact) mass is 485 g/mol. The van der Waals surface area contributed by atoms with Crippen molar-refractivity contribution in [2.45, 2.75) is 18.2 Å². The van der Waals surface area contributed by atoms with Crippen molar-refractivity contribution in [1.82, 2.24) is 20.1 Å². The summed E-state index contributed by atoms with van der Waals surface area (Å²) in [6.45, 7) is 4.24. The Hall–Kier alpha value is -3.63. The van der Waals surface area contributed by atoms with E-state index in [0.717, 1.165) is 11.8 Å². The van der Waals surface area contributed by atoms with Gasteiger partial charge in [0.25, 0.3) is 5.91 Å². The van der Waals surface area contributed by atoms with Crippen LogP contribution in [0.15, 0.2) is 66.3 Å². The van der Waals surface area contributed by atoms with Crippen molar-refractivity contribution in [3.05, 3.63) is 83.2 Å². The van der Waals surface area contributed by atoms with Crippen LogP contribution in [-0.4, -0.2) is 43.4 Å². The molecule has 2 amide bonds. The molecule has 0 radical (unpaired) electrons. The smallest absolute Gasteiger partial charge is 0.335 e. The molecule has 2 aromatic carbocycles. The Morgan fingerprint density at radius 1 is 1.12 bits per heavy atom. The number of amides is 2. The van der Waals surface area contributed by atoms with Gasteiger partial charge >= 0.3 is 5.97 Å². The Morgan fingerprint density at radius 2 is 1.88 bits per heavy atom. The van der Waals surface area contributed by atoms with Gasteiger partial charge in [0, 0.05) is 22.8 Å². The lowest BCUT2D eigenvalue weighted by Crippen LogP contribution is -2.24. The molecule has 0 saturated heterocycles. The zero-order valence-corrected chi connectivity index (χ0v) is 18.9. The number of nitrogens with one attached hydrogen (secondary N) is 2. The van der Waals surface area contributed by atoms with Gasteiger partial charge in [-0.1, -0.05) is 41.6 Å². The van der Waals surface area contributed by atoms with Crippen LogP contribution in [-0.2, 0) is 17.9 Å². The van der Waals surface area contributed by atoms with Crippen molar-refractivity contribution in [3.63, 3.8) is 0 Å². The van der Waals surface area contributed by atoms with E-state index in [1.165, 1.54) is 12.1 Å². The van der Waals surface area contributed by atoms with E-state index in [9.17, 15) is 14.4 Å². The molecule has 3 rings (SSSR count). The third-order valence-electron chi connectivity index (χ3n) is 4.32. The third-order valence-corrected chi connectivity index (χ3v) is 5.53. The first-order chi connectivity index (χ1) is 15.9. The van der Waals surface area contributed by atoms with Crippen molar-refractivity contribution < 1.29 is 19.5 Å². The molecule has 0 aliphatic carbocycles. The van der Waals surface area contributed by atoms with Gasteiger partial charge in [0.05, 0.1) is 17.9 Å². The van der Waals surface area contributed by atoms with Crippen LogP contribution in [0.25, 0.3) is 0 Å². The van der Waals surface area contributed by atoms with Gasteiger partial charge in [-0.05, 0) is 36.4 Å². The third kappa shape index (κ3) is 6.67. The van der Waals surface area contributed by atoms with Crippen LogP contribution in [0.2, 0.25) is 5.02 Å². The lowest BCUT2D eigenvalue weighted by Gasteiger charge is -2.09. The van der Waals surface area contributed by atoms with E-state index in [0.29, 0.717) is 33.8 Å². The number of thioether (sulfide) groups is 1. The maximum atomic E-state index is 12.4. The first-order valence-electron chi connectivity index (χ1n) is 9.70. The van der Waals surface area contributed by atoms with Gasteiger partial charge in [-0.3, -0.25) is 9.59 Å². The van der Waals surface area contributed by atoms with Gasteiger partial charge in [-0.25, -0.2) is 4.79 Å². The SMILES string of the molecule is C=CCn1c(CNC(=O)c2cccc(Cl)c2)nnc1SCC(=O)Nc1cccc(C(=O)O)c1. The number of aromatic nitrogens is 3. The van der Waals surface area contributed by atoms with Crippen LogP contribution >= 0.6 is 23.4 Å². The number of carbonyl (C=O) groups is 3. The molecule has 0 saturated carbocycles. The van der Waals surface area contributed by atoms with Crippen LogP contribution in [0.5, 0.6) is 0 Å². The van der Waals surface area contributed by atoms with Crippen LogP contribution in [0.3, 0.4) is 0 Å². The van der Waals surface area contributed by atoms with Crippen molar-refractivity contribution in [2.75, 3.05) is 11.1 Å². The summed E-state index contributed by atoms with van der Waals surface area (Å²) >= 11 is 7.09. The molecule has 170 valence electrons. The van der Waals surface area contributed by atoms with Crippen molar-refractivity contribution in [1.29, 1.82) is 0 Å². The fourth-order valence-electron chi connectivity index (χ4n) is 2.82. The lowest BCUT2D eigenvalue weighted by atomic mass is 10.2. The first-order valence-corrected chi connectivity index (χ1v) is 11.1. The number of nitrogens with zero attached hydrogens (tertiary/aromatic N) is 3. The Kier molecular flexibility index (Phi) is 8.22. The molecule has 33 heavy (non-hydrogen) atoms. The first kappa shape index (κ1) is 24.0. The number of hydrogen-bond acceptors (Lipinski definition) is 6. The molecule has 0 aliphatic rings. The van der Waals surface area contributed by atoms with Crippen LogP contribution in [0.1, 0.15) is 26.5 Å². The minimum absolute atomic E-state index is 0.0292. The Labute approximate surface area is 198 Å². The number of carboxylic acid groups (broad SMARTS) is 1. The molecule has 3 N–H and O–H groups in total. The van der Waals surface area contributed by atoms with Gasteiger partial charge in [-0.15, -0.1) is 16.8 Å². The molecule has 3 aromatic rings. The zero-order valence-electron chi connectivity index (χ0n) is 17.3. The number of carbonyl (C=O) groups excluding carboxylic acids is 2. The van der Waals surface area contributed by atoms with Crippen molar-refractivity contribution >= 4 is 46.8 Å². The highest BCUT2D eigenvalue weighted by atomic mass is 35.5. The highest BCUT2D eigenvalue weighted by Crippen LogP contribution is 2.19. The predicted octanol–water partition coefficient (Wildman–Crippen LogP) is 3.48. The molecule has 1 aromatic heterocycles. The van der Waals surface area contributed by atoms with Crippen LogP contribution in [0, 0.1) is 0 Å². The Morgan fingerprint density at radius 3 is 2.61 bits per heavy atom. The maximum Gasteiger partial charge on any atom is 0.335 e. The summed E-state index contributed by atoms with van der Waals surface area (Å²) in [5.74, 6) is -1.17. The second-order valence-electron chi connectivity index (χ2n) is 6.71. The summed E-state index contributed by atoms with van der Waals surface area (Å²) in [5, 5.41) is 23.7. The number of benzene rings is 2. The molecule has 11 heteroatoms. The maximum absolute atomic E-state index is 12.4. The second kappa shape index (κ2) is 11.3. The molecule has 0 bridgehead atoms. The predicted molar refractivity (Wildman–Crippen MR) is 126 cm³/mol. The molecule has 0 aliphatic heterocycles. The molecule has 0 spiro atoms. The second-order valence-corrected chi connectivity index (χ2v) is 8.09. The molecule has 0 unspecified atom stereocenters. The highest BCUT2D eigenvalue weighted by molar-refractivity contribution is 7.99. The van der Waals surface area contributed by atoms with E-state index in [1.807, 2.05) is 0 Å². The van der Waals surface area contributed by atoms with E-state index in [4.69, 9.17) is 16.7 Å². The van der Waals surface area contributed by atoms with Crippen LogP contribution in [0.4, 0.5) is 5.69 Å². The minimum atomic E-state index is -1.08. The summed E-state index contributed by atoms with van der Waals surface area (Å²) in [6, 6.07) is 12.6. The lowest BCUT2D eigenvalue weighted by molar-refractivity contribution is -0.113. The van der Waals surface area contributed by atoms with Gasteiger partial charge in [-0.2, -0.15) is 0 Å². The molecule has 0 atom stereocenters. The average molecular weight is 486 g/mol. The van der Waals surface area contributed by atoms with E-state index in [-0.39, 0.29) is 29.7 Å². The van der Waals surface area contributed by atoms with Crippen molar-refractivity contribution in [3.8, 4) is 0 Å². The zero-order chi connectivity index (χ0) is 23.8. The van der Waals surface area contributed by atoms with E-state index in [1.54, 1.807) is 47.0 Å². The summed E-state index contributed by atoms with van der Waals surface area (Å²) in [5.41, 5.74) is 0.892. The van der Waals surface area contributed by atoms with E-state index < -0.39 is 5.97 Å². The van der Waals surface area contributed by atoms with Crippen LogP contribution < -0.4 is 10.6 Å². The number of halogens is 1. The van der Waals surface area contributed by atoms with E-state index >= 15 is 0 Å². The summed E-state index contributed by atoms with van der Waals surface area (Å²) in [7, 11) is 0. The number of carboxylic acids is 1. The fraction of sp³-hybridized carbons (Fsp3) is 0.136. The topological polar surface area (TPSA) is 126 Å². The summed E-state index contributed by atoms with van der Waals surface area (Å²) < 4.78 is 1.74. The van der Waals surface area contributed by atoms with Gasteiger partial charge < -0.3 is 20.3 Å². The highest BCUT2D eigenvalue weighted by Gasteiger charge is 2.15. The summed E-state index contributed by atoms with van der Waals surface area (Å²) in [4.78, 5) is 35.7. The largest absolute Gasteiger partial charge is 0.478 e. The van der Waals surface area contributed by atoms with Gasteiger partial charge in [0.15, 0.2) is 11.0 Å². The molecule has 9 nitrogen and oxygen atoms in total. The number of anilines is 1. The number of rotatable bonds is 10. The normalized spacial score (nSPS) is 10.5. The number of hydrogen-bond donors (Lipinski definition) is 3. The number of allylic oxidation sites excluding steroid dienone is 1. The minimum Gasteiger partial charge on any atom is -0.478 e. The quantitative estimate of drug-likeness (QED) is 0.296. The Balaban J connectivity index is 1.61. The molecule has 1 heterocycles. The van der Waals surface area contributed by atoms with Gasteiger partial charge in [0.2, 0.25) is 5.91 Å². The summed E-state index contributed by atoms with van der Waals surface area (Å²) in [6.07, 6.45) is 1.66. The standard InChI is InChI=1S/C22H20ClN5O4S/c1-2-9-28-18(12-24-20(30)14-5-3-7-16(23)10-14)26-27-22(28)33-13-19(29)25-17-8-4-6-15(11-17)21(31)32/h2-8,10-11H,1,9,12-13H2,(H,24,30)(H,25,29)(H,31,32). The molecular formula is C22H20ClN5O4S. The molecular weight excluding hydrogens is 466 g/mol. The number of aromatic carboxylic acids is 1. The Bertz CT molecular complexity index is 1200. The van der Waals surface area contributed by atoms with Crippen molar-refractivity contribution in [2.24, 2.45) is 0 Å². The van der Waals surface area contributed by atoms with Gasteiger partial charge in [0.1, 0.15) is 0 Å². The fourth-order valence-corrected chi connectivity index (χ4v) is 3.77. The van der Waals surface area contributed by atoms with E-state index in [2.05, 4.69) is 27.4 Å².